The van der Waals surface area contributed by atoms with E-state index < -0.39 is 0 Å². The third-order valence-corrected chi connectivity index (χ3v) is 5.53. The van der Waals surface area contributed by atoms with Crippen molar-refractivity contribution >= 4 is 11.1 Å². The molecule has 4 rings (SSSR count). The van der Waals surface area contributed by atoms with E-state index in [0.717, 1.165) is 12.8 Å². The summed E-state index contributed by atoms with van der Waals surface area (Å²) in [5.74, 6) is 0. The van der Waals surface area contributed by atoms with E-state index in [1.165, 1.54) is 44.5 Å². The van der Waals surface area contributed by atoms with E-state index in [1.807, 2.05) is 0 Å². The smallest absolute Gasteiger partial charge is 0.0111 e. The second-order valence-corrected chi connectivity index (χ2v) is 7.90. The van der Waals surface area contributed by atoms with Gasteiger partial charge in [0.25, 0.3) is 0 Å². The summed E-state index contributed by atoms with van der Waals surface area (Å²) in [6.45, 7) is 4.27. The summed E-state index contributed by atoms with van der Waals surface area (Å²) < 4.78 is 0. The van der Waals surface area contributed by atoms with Gasteiger partial charge in [0.2, 0.25) is 0 Å². The predicted octanol–water partition coefficient (Wildman–Crippen LogP) is 8.10. The first kappa shape index (κ1) is 19.9. The van der Waals surface area contributed by atoms with E-state index in [1.54, 1.807) is 0 Å². The molecule has 0 aromatic heterocycles. The van der Waals surface area contributed by atoms with Crippen LogP contribution in [0.25, 0.3) is 11.1 Å². The Kier molecular flexibility index (Phi) is 6.25. The van der Waals surface area contributed by atoms with Crippen molar-refractivity contribution in [3.05, 3.63) is 143 Å². The molecule has 0 aliphatic heterocycles. The van der Waals surface area contributed by atoms with Gasteiger partial charge >= 0.3 is 0 Å². The van der Waals surface area contributed by atoms with Crippen LogP contribution in [0.2, 0.25) is 0 Å². The van der Waals surface area contributed by atoms with Crippen molar-refractivity contribution in [3.8, 4) is 0 Å². The van der Waals surface area contributed by atoms with Gasteiger partial charge in [0.15, 0.2) is 0 Å². The zero-order valence-corrected chi connectivity index (χ0v) is 17.8. The number of allylic oxidation sites excluding steroid dienone is 7. The second kappa shape index (κ2) is 9.41. The quantitative estimate of drug-likeness (QED) is 0.387. The minimum Gasteiger partial charge on any atom is -0.0836 e. The van der Waals surface area contributed by atoms with E-state index in [0.29, 0.717) is 0 Å². The first-order valence-corrected chi connectivity index (χ1v) is 10.7. The van der Waals surface area contributed by atoms with Crippen LogP contribution in [0.4, 0.5) is 0 Å². The third-order valence-electron chi connectivity index (χ3n) is 5.53. The minimum atomic E-state index is 1.10. The van der Waals surface area contributed by atoms with E-state index in [-0.39, 0.29) is 0 Å². The summed E-state index contributed by atoms with van der Waals surface area (Å²) >= 11 is 0. The van der Waals surface area contributed by atoms with Crippen molar-refractivity contribution < 1.29 is 0 Å². The number of aryl methyl sites for hydroxylation is 2. The maximum Gasteiger partial charge on any atom is -0.0111 e. The van der Waals surface area contributed by atoms with Crippen molar-refractivity contribution in [2.75, 3.05) is 0 Å². The van der Waals surface area contributed by atoms with Crippen LogP contribution in [0.5, 0.6) is 0 Å². The molecule has 3 aromatic rings. The Bertz CT molecular complexity index is 1060. The lowest BCUT2D eigenvalue weighted by Gasteiger charge is -2.13. The topological polar surface area (TPSA) is 0 Å². The molecule has 0 nitrogen and oxygen atoms in total. The maximum atomic E-state index is 2.35. The fourth-order valence-electron chi connectivity index (χ4n) is 3.78. The van der Waals surface area contributed by atoms with Gasteiger partial charge in [0, 0.05) is 0 Å². The molecular formula is C30H28. The zero-order chi connectivity index (χ0) is 20.8. The molecule has 0 heteroatoms. The molecule has 0 radical (unpaired) electrons. The standard InChI is InChI=1S/C30H28/c1-23-13-17-27(18-14-23)30(28-19-15-24(2)16-20-28)22-21-29(25-9-5-3-6-10-25)26-11-7-4-8-12-26/h3,5-7,9-22H,4,8H2,1-2H3. The Morgan fingerprint density at radius 3 is 1.67 bits per heavy atom. The van der Waals surface area contributed by atoms with Crippen molar-refractivity contribution in [2.45, 2.75) is 26.7 Å². The van der Waals surface area contributed by atoms with Gasteiger partial charge < -0.3 is 0 Å². The van der Waals surface area contributed by atoms with Crippen molar-refractivity contribution in [1.29, 1.82) is 0 Å². The first-order chi connectivity index (χ1) is 14.7. The van der Waals surface area contributed by atoms with Gasteiger partial charge in [-0.1, -0.05) is 120 Å². The SMILES string of the molecule is Cc1ccc(C(=CC=C(C2=CCCC=C2)c2ccccc2)c2ccc(C)cc2)cc1. The Morgan fingerprint density at radius 2 is 1.13 bits per heavy atom. The van der Waals surface area contributed by atoms with Crippen LogP contribution < -0.4 is 0 Å². The highest BCUT2D eigenvalue weighted by Crippen LogP contribution is 2.30. The monoisotopic (exact) mass is 388 g/mol. The van der Waals surface area contributed by atoms with Crippen LogP contribution in [-0.2, 0) is 0 Å². The molecule has 3 aromatic carbocycles. The van der Waals surface area contributed by atoms with E-state index in [9.17, 15) is 0 Å². The predicted molar refractivity (Wildman–Crippen MR) is 130 cm³/mol. The highest BCUT2D eigenvalue weighted by molar-refractivity contribution is 5.87. The average molecular weight is 389 g/mol. The summed E-state index contributed by atoms with van der Waals surface area (Å²) in [6, 6.07) is 28.3. The van der Waals surface area contributed by atoms with Gasteiger partial charge in [0.1, 0.15) is 0 Å². The Hall–Kier alpha value is -3.38. The lowest BCUT2D eigenvalue weighted by Crippen LogP contribution is -1.92. The Labute approximate surface area is 180 Å². The fourth-order valence-corrected chi connectivity index (χ4v) is 3.78. The van der Waals surface area contributed by atoms with Gasteiger partial charge in [-0.25, -0.2) is 0 Å². The second-order valence-electron chi connectivity index (χ2n) is 7.90. The summed E-state index contributed by atoms with van der Waals surface area (Å²) in [5.41, 5.74) is 10.1. The number of rotatable bonds is 5. The summed E-state index contributed by atoms with van der Waals surface area (Å²) in [7, 11) is 0. The molecule has 0 saturated carbocycles. The summed E-state index contributed by atoms with van der Waals surface area (Å²) in [5, 5.41) is 0. The molecule has 0 N–H and O–H groups in total. The van der Waals surface area contributed by atoms with Crippen LogP contribution in [0.15, 0.2) is 115 Å². The molecule has 0 amide bonds. The molecule has 0 bridgehead atoms. The molecule has 30 heavy (non-hydrogen) atoms. The summed E-state index contributed by atoms with van der Waals surface area (Å²) in [6.07, 6.45) is 13.7. The van der Waals surface area contributed by atoms with Crippen molar-refractivity contribution in [1.82, 2.24) is 0 Å². The highest BCUT2D eigenvalue weighted by atomic mass is 14.1. The molecular weight excluding hydrogens is 360 g/mol. The molecule has 0 saturated heterocycles. The first-order valence-electron chi connectivity index (χ1n) is 10.7. The fraction of sp³-hybridized carbons (Fsp3) is 0.133. The van der Waals surface area contributed by atoms with Crippen LogP contribution in [-0.4, -0.2) is 0 Å². The van der Waals surface area contributed by atoms with Gasteiger partial charge in [-0.2, -0.15) is 0 Å². The maximum absolute atomic E-state index is 2.35. The van der Waals surface area contributed by atoms with Gasteiger partial charge in [-0.05, 0) is 60.1 Å². The minimum absolute atomic E-state index is 1.10. The van der Waals surface area contributed by atoms with Crippen LogP contribution >= 0.6 is 0 Å². The molecule has 0 unspecified atom stereocenters. The lowest BCUT2D eigenvalue weighted by molar-refractivity contribution is 1.03. The third kappa shape index (κ3) is 4.78. The number of hydrogen-bond donors (Lipinski definition) is 0. The normalized spacial score (nSPS) is 13.7. The van der Waals surface area contributed by atoms with E-state index >= 15 is 0 Å². The van der Waals surface area contributed by atoms with Crippen molar-refractivity contribution in [3.63, 3.8) is 0 Å². The number of hydrogen-bond acceptors (Lipinski definition) is 0. The van der Waals surface area contributed by atoms with E-state index in [4.69, 9.17) is 0 Å². The van der Waals surface area contributed by atoms with Crippen molar-refractivity contribution in [2.24, 2.45) is 0 Å². The molecule has 148 valence electrons. The average Bonchev–Trinajstić information content (AvgIpc) is 2.80. The molecule has 0 spiro atoms. The van der Waals surface area contributed by atoms with Gasteiger partial charge in [-0.3, -0.25) is 0 Å². The van der Waals surface area contributed by atoms with Gasteiger partial charge in [-0.15, -0.1) is 0 Å². The lowest BCUT2D eigenvalue weighted by atomic mass is 9.91. The molecule has 1 aliphatic rings. The molecule has 1 aliphatic carbocycles. The molecule has 0 atom stereocenters. The Morgan fingerprint density at radius 1 is 0.600 bits per heavy atom. The van der Waals surface area contributed by atoms with Gasteiger partial charge in [0.05, 0.1) is 0 Å². The largest absolute Gasteiger partial charge is 0.0836 e. The Balaban J connectivity index is 1.85. The van der Waals surface area contributed by atoms with Crippen LogP contribution in [0.3, 0.4) is 0 Å². The molecule has 0 fully saturated rings. The van der Waals surface area contributed by atoms with Crippen LogP contribution in [0, 0.1) is 13.8 Å². The number of benzene rings is 3. The molecule has 0 heterocycles. The summed E-state index contributed by atoms with van der Waals surface area (Å²) in [4.78, 5) is 0. The van der Waals surface area contributed by atoms with E-state index in [2.05, 4.69) is 123 Å². The van der Waals surface area contributed by atoms with Crippen LogP contribution in [0.1, 0.15) is 40.7 Å². The zero-order valence-electron chi connectivity index (χ0n) is 17.8. The highest BCUT2D eigenvalue weighted by Gasteiger charge is 2.09.